The number of methoxy groups -OCH3 is 1. The molecule has 0 N–H and O–H groups in total. The van der Waals surface area contributed by atoms with E-state index in [1.807, 2.05) is 19.1 Å². The lowest BCUT2D eigenvalue weighted by atomic mass is 10.2. The summed E-state index contributed by atoms with van der Waals surface area (Å²) in [5.41, 5.74) is 0.859. The van der Waals surface area contributed by atoms with E-state index in [4.69, 9.17) is 18.4 Å². The Morgan fingerprint density at radius 2 is 2.12 bits per heavy atom. The van der Waals surface area contributed by atoms with Gasteiger partial charge in [0, 0.05) is 19.2 Å². The van der Waals surface area contributed by atoms with Crippen LogP contribution in [0.1, 0.15) is 35.0 Å². The molecule has 0 aliphatic rings. The number of hydrogen-bond donors (Lipinski definition) is 0. The highest BCUT2D eigenvalue weighted by atomic mass is 16.5. The van der Waals surface area contributed by atoms with Gasteiger partial charge in [-0.2, -0.15) is 0 Å². The minimum Gasteiger partial charge on any atom is -0.497 e. The fourth-order valence-corrected chi connectivity index (χ4v) is 2.30. The lowest BCUT2D eigenvalue weighted by Gasteiger charge is -2.21. The molecule has 1 aromatic carbocycles. The van der Waals surface area contributed by atoms with E-state index >= 15 is 0 Å². The van der Waals surface area contributed by atoms with Crippen LogP contribution in [0.15, 0.2) is 51.8 Å². The van der Waals surface area contributed by atoms with Crippen LogP contribution in [-0.2, 0) is 6.61 Å². The number of hydrogen-bond acceptors (Lipinski definition) is 7. The second kappa shape index (κ2) is 7.73. The van der Waals surface area contributed by atoms with Crippen LogP contribution in [0, 0.1) is 0 Å². The van der Waals surface area contributed by atoms with E-state index in [0.717, 1.165) is 0 Å². The zero-order valence-corrected chi connectivity index (χ0v) is 14.7. The van der Waals surface area contributed by atoms with Crippen LogP contribution < -0.4 is 9.47 Å². The Morgan fingerprint density at radius 1 is 1.31 bits per heavy atom. The first kappa shape index (κ1) is 17.5. The van der Waals surface area contributed by atoms with Gasteiger partial charge in [0.2, 0.25) is 5.89 Å². The third-order valence-electron chi connectivity index (χ3n) is 3.96. The zero-order chi connectivity index (χ0) is 18.5. The summed E-state index contributed by atoms with van der Waals surface area (Å²) >= 11 is 0. The molecule has 3 aromatic rings. The van der Waals surface area contributed by atoms with Crippen molar-refractivity contribution in [2.24, 2.45) is 0 Å². The molecule has 2 aromatic heterocycles. The highest BCUT2D eigenvalue weighted by Crippen LogP contribution is 2.21. The number of nitrogens with zero attached hydrogens (tertiary/aromatic N) is 3. The molecule has 8 heteroatoms. The molecule has 0 unspecified atom stereocenters. The number of ether oxygens (including phenoxy) is 2. The summed E-state index contributed by atoms with van der Waals surface area (Å²) in [4.78, 5) is 18.3. The molecule has 0 bridgehead atoms. The SMILES string of the molecule is COc1cccc(OCc2nc(C(=O)N(C)[C@@H](C)c3ccon3)co2)c1. The largest absolute Gasteiger partial charge is 0.497 e. The number of aromatic nitrogens is 2. The van der Waals surface area contributed by atoms with Gasteiger partial charge in [-0.3, -0.25) is 4.79 Å². The third-order valence-corrected chi connectivity index (χ3v) is 3.96. The van der Waals surface area contributed by atoms with E-state index in [1.165, 1.54) is 17.4 Å². The van der Waals surface area contributed by atoms with Crippen LogP contribution in [0.4, 0.5) is 0 Å². The van der Waals surface area contributed by atoms with E-state index in [1.54, 1.807) is 32.4 Å². The predicted molar refractivity (Wildman–Crippen MR) is 90.8 cm³/mol. The first-order valence-corrected chi connectivity index (χ1v) is 7.97. The van der Waals surface area contributed by atoms with Crippen molar-refractivity contribution in [1.82, 2.24) is 15.0 Å². The van der Waals surface area contributed by atoms with E-state index in [2.05, 4.69) is 10.1 Å². The smallest absolute Gasteiger partial charge is 0.276 e. The number of carbonyl (C=O) groups is 1. The topological polar surface area (TPSA) is 90.8 Å². The van der Waals surface area contributed by atoms with Gasteiger partial charge >= 0.3 is 0 Å². The number of carbonyl (C=O) groups excluding carboxylic acids is 1. The standard InChI is InChI=1S/C18H19N3O5/c1-12(15-7-8-26-20-15)21(2)18(22)16-10-25-17(19-16)11-24-14-6-4-5-13(9-14)23-3/h4-10,12H,11H2,1-3H3/t12-/m0/s1. The molecule has 0 aliphatic carbocycles. The van der Waals surface area contributed by atoms with Gasteiger partial charge in [0.15, 0.2) is 12.3 Å². The monoisotopic (exact) mass is 357 g/mol. The molecule has 8 nitrogen and oxygen atoms in total. The molecule has 26 heavy (non-hydrogen) atoms. The second-order valence-electron chi connectivity index (χ2n) is 5.61. The van der Waals surface area contributed by atoms with Crippen LogP contribution in [0.25, 0.3) is 0 Å². The molecular weight excluding hydrogens is 338 g/mol. The molecular formula is C18H19N3O5. The Morgan fingerprint density at radius 3 is 2.85 bits per heavy atom. The van der Waals surface area contributed by atoms with Gasteiger partial charge in [-0.05, 0) is 19.1 Å². The zero-order valence-electron chi connectivity index (χ0n) is 14.7. The van der Waals surface area contributed by atoms with Crippen molar-refractivity contribution in [2.45, 2.75) is 19.6 Å². The Kier molecular flexibility index (Phi) is 5.21. The maximum absolute atomic E-state index is 12.5. The molecule has 136 valence electrons. The minimum atomic E-state index is -0.281. The summed E-state index contributed by atoms with van der Waals surface area (Å²) in [7, 11) is 3.25. The maximum atomic E-state index is 12.5. The van der Waals surface area contributed by atoms with Crippen LogP contribution in [0.5, 0.6) is 11.5 Å². The molecule has 1 atom stereocenters. The molecule has 0 fully saturated rings. The Balaban J connectivity index is 1.62. The Hall–Kier alpha value is -3.29. The van der Waals surface area contributed by atoms with Crippen molar-refractivity contribution < 1.29 is 23.2 Å². The lowest BCUT2D eigenvalue weighted by Crippen LogP contribution is -2.30. The van der Waals surface area contributed by atoms with Crippen molar-refractivity contribution in [3.05, 3.63) is 60.1 Å². The van der Waals surface area contributed by atoms with Crippen molar-refractivity contribution in [2.75, 3.05) is 14.2 Å². The highest BCUT2D eigenvalue weighted by molar-refractivity contribution is 5.92. The number of amides is 1. The van der Waals surface area contributed by atoms with Gasteiger partial charge in [-0.1, -0.05) is 11.2 Å². The molecule has 0 spiro atoms. The van der Waals surface area contributed by atoms with Gasteiger partial charge in [0.1, 0.15) is 29.7 Å². The van der Waals surface area contributed by atoms with Crippen molar-refractivity contribution in [1.29, 1.82) is 0 Å². The summed E-state index contributed by atoms with van der Waals surface area (Å²) in [5, 5.41) is 3.85. The quantitative estimate of drug-likeness (QED) is 0.642. The Bertz CT molecular complexity index is 859. The Labute approximate surface area is 150 Å². The van der Waals surface area contributed by atoms with Crippen LogP contribution >= 0.6 is 0 Å². The summed E-state index contributed by atoms with van der Waals surface area (Å²) in [5.74, 6) is 1.33. The predicted octanol–water partition coefficient (Wildman–Crippen LogP) is 3.08. The molecule has 0 radical (unpaired) electrons. The second-order valence-corrected chi connectivity index (χ2v) is 5.61. The normalized spacial score (nSPS) is 11.8. The molecule has 3 rings (SSSR count). The summed E-state index contributed by atoms with van der Waals surface area (Å²) < 4.78 is 20.9. The van der Waals surface area contributed by atoms with Crippen LogP contribution in [-0.4, -0.2) is 35.1 Å². The van der Waals surface area contributed by atoms with E-state index in [0.29, 0.717) is 23.1 Å². The average molecular weight is 357 g/mol. The first-order valence-electron chi connectivity index (χ1n) is 7.97. The molecule has 2 heterocycles. The minimum absolute atomic E-state index is 0.100. The van der Waals surface area contributed by atoms with Gasteiger partial charge in [-0.25, -0.2) is 4.98 Å². The van der Waals surface area contributed by atoms with E-state index < -0.39 is 0 Å². The van der Waals surface area contributed by atoms with Crippen molar-refractivity contribution >= 4 is 5.91 Å². The fraction of sp³-hybridized carbons (Fsp3) is 0.278. The number of benzene rings is 1. The van der Waals surface area contributed by atoms with Crippen LogP contribution in [0.3, 0.4) is 0 Å². The van der Waals surface area contributed by atoms with Gasteiger partial charge in [0.05, 0.1) is 13.2 Å². The van der Waals surface area contributed by atoms with Crippen molar-refractivity contribution in [3.63, 3.8) is 0 Å². The van der Waals surface area contributed by atoms with Gasteiger partial charge < -0.3 is 23.3 Å². The van der Waals surface area contributed by atoms with Crippen LogP contribution in [0.2, 0.25) is 0 Å². The number of oxazole rings is 1. The van der Waals surface area contributed by atoms with E-state index in [9.17, 15) is 4.79 Å². The van der Waals surface area contributed by atoms with Crippen molar-refractivity contribution in [3.8, 4) is 11.5 Å². The fourth-order valence-electron chi connectivity index (χ4n) is 2.30. The molecule has 0 saturated heterocycles. The average Bonchev–Trinajstić information content (AvgIpc) is 3.36. The lowest BCUT2D eigenvalue weighted by molar-refractivity contribution is 0.0731. The number of rotatable bonds is 7. The summed E-state index contributed by atoms with van der Waals surface area (Å²) in [6, 6.07) is 8.65. The molecule has 0 saturated carbocycles. The molecule has 0 aliphatic heterocycles. The maximum Gasteiger partial charge on any atom is 0.276 e. The van der Waals surface area contributed by atoms with Gasteiger partial charge in [-0.15, -0.1) is 0 Å². The van der Waals surface area contributed by atoms with Gasteiger partial charge in [0.25, 0.3) is 5.91 Å². The summed E-state index contributed by atoms with van der Waals surface area (Å²) in [6.45, 7) is 1.95. The molecule has 1 amide bonds. The summed E-state index contributed by atoms with van der Waals surface area (Å²) in [6.07, 6.45) is 2.78. The highest BCUT2D eigenvalue weighted by Gasteiger charge is 2.23. The first-order chi connectivity index (χ1) is 12.6. The third kappa shape index (κ3) is 3.85. The van der Waals surface area contributed by atoms with E-state index in [-0.39, 0.29) is 24.2 Å².